The van der Waals surface area contributed by atoms with Gasteiger partial charge < -0.3 is 19.5 Å². The van der Waals surface area contributed by atoms with Crippen molar-refractivity contribution in [3.05, 3.63) is 38.9 Å². The van der Waals surface area contributed by atoms with Gasteiger partial charge in [0.25, 0.3) is 0 Å². The van der Waals surface area contributed by atoms with Gasteiger partial charge in [-0.05, 0) is 25.5 Å². The fraction of sp³-hybridized carbons (Fsp3) is 0.474. The largest absolute Gasteiger partial charge is 0.477 e. The number of piperazine rings is 1. The molecule has 2 aliphatic rings. The Morgan fingerprint density at radius 3 is 2.52 bits per heavy atom. The highest BCUT2D eigenvalue weighted by atomic mass is 35.5. The number of hydrogen-bond donors (Lipinski definition) is 1. The van der Waals surface area contributed by atoms with E-state index in [0.29, 0.717) is 18.8 Å². The van der Waals surface area contributed by atoms with Crippen LogP contribution in [0.2, 0.25) is 5.02 Å². The van der Waals surface area contributed by atoms with E-state index in [1.807, 2.05) is 4.90 Å². The predicted molar refractivity (Wildman–Crippen MR) is 103 cm³/mol. The number of rotatable bonds is 4. The fourth-order valence-electron chi connectivity index (χ4n) is 3.80. The van der Waals surface area contributed by atoms with Gasteiger partial charge in [-0.1, -0.05) is 18.5 Å². The number of anilines is 1. The average Bonchev–Trinajstić information content (AvgIpc) is 3.48. The first kappa shape index (κ1) is 18.3. The van der Waals surface area contributed by atoms with Crippen molar-refractivity contribution in [3.63, 3.8) is 0 Å². The summed E-state index contributed by atoms with van der Waals surface area (Å²) in [5.74, 6) is -1.85. The minimum absolute atomic E-state index is 0.0201. The van der Waals surface area contributed by atoms with Gasteiger partial charge in [0.15, 0.2) is 5.82 Å². The molecule has 1 saturated carbocycles. The normalized spacial score (nSPS) is 18.3. The quantitative estimate of drug-likeness (QED) is 0.865. The number of fused-ring (bicyclic) bond motifs is 1. The molecule has 4 rings (SSSR count). The van der Waals surface area contributed by atoms with Crippen LogP contribution in [-0.4, -0.2) is 53.3 Å². The summed E-state index contributed by atoms with van der Waals surface area (Å²) in [6.45, 7) is 5.97. The van der Waals surface area contributed by atoms with Gasteiger partial charge in [-0.2, -0.15) is 0 Å². The number of carboxylic acids is 1. The van der Waals surface area contributed by atoms with Crippen LogP contribution in [0.25, 0.3) is 10.9 Å². The molecule has 0 bridgehead atoms. The molecule has 1 aliphatic carbocycles. The number of pyridine rings is 1. The standard InChI is InChI=1S/C19H21ClFN3O3/c1-2-22-5-7-23(8-6-22)17-14(20)9-12-16(15(17)21)24(11-3-4-11)10-13(18(12)25)19(26)27/h9-11H,2-8H2,1H3,(H,26,27). The van der Waals surface area contributed by atoms with Crippen molar-refractivity contribution in [1.29, 1.82) is 0 Å². The highest BCUT2D eigenvalue weighted by Crippen LogP contribution is 2.41. The first-order valence-electron chi connectivity index (χ1n) is 9.19. The second kappa shape index (κ2) is 6.80. The Labute approximate surface area is 160 Å². The molecule has 0 atom stereocenters. The second-order valence-electron chi connectivity index (χ2n) is 7.15. The molecule has 2 aromatic rings. The number of aromatic carboxylic acids is 1. The van der Waals surface area contributed by atoms with Gasteiger partial charge in [-0.3, -0.25) is 4.79 Å². The Balaban J connectivity index is 1.91. The topological polar surface area (TPSA) is 65.8 Å². The Kier molecular flexibility index (Phi) is 4.60. The molecule has 0 radical (unpaired) electrons. The van der Waals surface area contributed by atoms with E-state index < -0.39 is 17.2 Å². The van der Waals surface area contributed by atoms with E-state index in [2.05, 4.69) is 11.8 Å². The first-order chi connectivity index (χ1) is 12.9. The number of likely N-dealkylation sites (N-methyl/N-ethyl adjacent to an activating group) is 1. The Morgan fingerprint density at radius 2 is 1.96 bits per heavy atom. The number of halogens is 2. The Hall–Kier alpha value is -2.12. The van der Waals surface area contributed by atoms with Crippen LogP contribution in [-0.2, 0) is 0 Å². The molecule has 0 amide bonds. The van der Waals surface area contributed by atoms with Crippen molar-refractivity contribution < 1.29 is 14.3 Å². The molecule has 144 valence electrons. The van der Waals surface area contributed by atoms with Crippen molar-refractivity contribution >= 4 is 34.2 Å². The van der Waals surface area contributed by atoms with Crippen LogP contribution in [0.15, 0.2) is 17.1 Å². The zero-order valence-corrected chi connectivity index (χ0v) is 15.8. The molecule has 27 heavy (non-hydrogen) atoms. The zero-order valence-electron chi connectivity index (χ0n) is 15.0. The molecular weight excluding hydrogens is 373 g/mol. The molecule has 0 spiro atoms. The Morgan fingerprint density at radius 1 is 1.30 bits per heavy atom. The maximum Gasteiger partial charge on any atom is 0.341 e. The molecule has 1 saturated heterocycles. The third kappa shape index (κ3) is 3.08. The smallest absolute Gasteiger partial charge is 0.341 e. The van der Waals surface area contributed by atoms with Crippen LogP contribution in [0, 0.1) is 5.82 Å². The number of benzene rings is 1. The number of hydrogen-bond acceptors (Lipinski definition) is 4. The highest BCUT2D eigenvalue weighted by Gasteiger charge is 2.31. The van der Waals surface area contributed by atoms with Gasteiger partial charge in [-0.15, -0.1) is 0 Å². The Bertz CT molecular complexity index is 979. The molecule has 0 unspecified atom stereocenters. The maximum atomic E-state index is 15.6. The van der Waals surface area contributed by atoms with Gasteiger partial charge in [0.05, 0.1) is 21.6 Å². The van der Waals surface area contributed by atoms with Crippen LogP contribution in [0.5, 0.6) is 0 Å². The van der Waals surface area contributed by atoms with Gasteiger partial charge in [0, 0.05) is 38.4 Å². The van der Waals surface area contributed by atoms with E-state index >= 15 is 4.39 Å². The highest BCUT2D eigenvalue weighted by molar-refractivity contribution is 6.34. The molecule has 1 aromatic carbocycles. The SMILES string of the molecule is CCN1CCN(c2c(Cl)cc3c(=O)c(C(=O)O)cn(C4CC4)c3c2F)CC1. The lowest BCUT2D eigenvalue weighted by molar-refractivity contribution is 0.0695. The van der Waals surface area contributed by atoms with Crippen LogP contribution >= 0.6 is 11.6 Å². The molecule has 8 heteroatoms. The first-order valence-corrected chi connectivity index (χ1v) is 9.57. The minimum Gasteiger partial charge on any atom is -0.477 e. The lowest BCUT2D eigenvalue weighted by atomic mass is 10.1. The van der Waals surface area contributed by atoms with E-state index in [0.717, 1.165) is 32.5 Å². The minimum atomic E-state index is -1.31. The predicted octanol–water partition coefficient (Wildman–Crippen LogP) is 2.97. The summed E-state index contributed by atoms with van der Waals surface area (Å²) in [6.07, 6.45) is 2.95. The third-order valence-electron chi connectivity index (χ3n) is 5.49. The monoisotopic (exact) mass is 393 g/mol. The summed E-state index contributed by atoms with van der Waals surface area (Å²) in [5, 5.41) is 9.52. The fourth-order valence-corrected chi connectivity index (χ4v) is 4.11. The van der Waals surface area contributed by atoms with Gasteiger partial charge >= 0.3 is 5.97 Å². The molecular formula is C19H21ClFN3O3. The van der Waals surface area contributed by atoms with Crippen molar-refractivity contribution in [2.75, 3.05) is 37.6 Å². The lowest BCUT2D eigenvalue weighted by Gasteiger charge is -2.36. The number of nitrogens with zero attached hydrogens (tertiary/aromatic N) is 3. The maximum absolute atomic E-state index is 15.6. The molecule has 1 aliphatic heterocycles. The van der Waals surface area contributed by atoms with E-state index in [1.54, 1.807) is 4.57 Å². The van der Waals surface area contributed by atoms with Crippen molar-refractivity contribution in [2.45, 2.75) is 25.8 Å². The average molecular weight is 394 g/mol. The van der Waals surface area contributed by atoms with E-state index in [9.17, 15) is 14.7 Å². The molecule has 6 nitrogen and oxygen atoms in total. The zero-order chi connectivity index (χ0) is 19.3. The molecule has 2 heterocycles. The van der Waals surface area contributed by atoms with Gasteiger partial charge in [-0.25, -0.2) is 9.18 Å². The van der Waals surface area contributed by atoms with Gasteiger partial charge in [0.2, 0.25) is 5.43 Å². The summed E-state index contributed by atoms with van der Waals surface area (Å²) < 4.78 is 17.2. The number of aromatic nitrogens is 1. The molecule has 1 N–H and O–H groups in total. The summed E-state index contributed by atoms with van der Waals surface area (Å²) in [7, 11) is 0. The molecule has 2 fully saturated rings. The van der Waals surface area contributed by atoms with E-state index in [1.165, 1.54) is 12.3 Å². The van der Waals surface area contributed by atoms with Crippen LogP contribution in [0.4, 0.5) is 10.1 Å². The van der Waals surface area contributed by atoms with Crippen molar-refractivity contribution in [1.82, 2.24) is 9.47 Å². The summed E-state index contributed by atoms with van der Waals surface area (Å²) in [4.78, 5) is 28.2. The summed E-state index contributed by atoms with van der Waals surface area (Å²) in [5.41, 5.74) is -0.589. The second-order valence-corrected chi connectivity index (χ2v) is 7.56. The van der Waals surface area contributed by atoms with Gasteiger partial charge in [0.1, 0.15) is 5.56 Å². The van der Waals surface area contributed by atoms with E-state index in [4.69, 9.17) is 11.6 Å². The van der Waals surface area contributed by atoms with Crippen LogP contribution < -0.4 is 10.3 Å². The molecule has 1 aromatic heterocycles. The third-order valence-corrected chi connectivity index (χ3v) is 5.78. The summed E-state index contributed by atoms with van der Waals surface area (Å²) in [6, 6.07) is 1.45. The van der Waals surface area contributed by atoms with E-state index in [-0.39, 0.29) is 27.5 Å². The van der Waals surface area contributed by atoms with Crippen LogP contribution in [0.3, 0.4) is 0 Å². The number of carbonyl (C=O) groups is 1. The van der Waals surface area contributed by atoms with Crippen molar-refractivity contribution in [3.8, 4) is 0 Å². The van der Waals surface area contributed by atoms with Crippen LogP contribution in [0.1, 0.15) is 36.2 Å². The summed E-state index contributed by atoms with van der Waals surface area (Å²) >= 11 is 6.37. The van der Waals surface area contributed by atoms with Crippen molar-refractivity contribution in [2.24, 2.45) is 0 Å². The lowest BCUT2D eigenvalue weighted by Crippen LogP contribution is -2.46. The number of carboxylic acid groups (broad SMARTS) is 1.